The summed E-state index contributed by atoms with van der Waals surface area (Å²) < 4.78 is 20.4. The van der Waals surface area contributed by atoms with Gasteiger partial charge >= 0.3 is 0 Å². The van der Waals surface area contributed by atoms with Gasteiger partial charge < -0.3 is 14.5 Å². The van der Waals surface area contributed by atoms with Crippen molar-refractivity contribution in [2.75, 3.05) is 57.3 Å². The van der Waals surface area contributed by atoms with E-state index in [0.717, 1.165) is 38.2 Å². The van der Waals surface area contributed by atoms with Gasteiger partial charge in [0.2, 0.25) is 5.91 Å². The van der Waals surface area contributed by atoms with Gasteiger partial charge in [0, 0.05) is 57.8 Å². The fourth-order valence-electron chi connectivity index (χ4n) is 5.51. The van der Waals surface area contributed by atoms with Crippen LogP contribution in [0.5, 0.6) is 5.75 Å². The van der Waals surface area contributed by atoms with Gasteiger partial charge in [-0.3, -0.25) is 19.4 Å². The molecule has 0 spiro atoms. The van der Waals surface area contributed by atoms with Crippen LogP contribution in [0.4, 0.5) is 10.1 Å². The van der Waals surface area contributed by atoms with Gasteiger partial charge in [-0.2, -0.15) is 0 Å². The lowest BCUT2D eigenvalue weighted by Crippen LogP contribution is -2.41. The molecule has 2 aliphatic rings. The monoisotopic (exact) mass is 538 g/mol. The fraction of sp³-hybridized carbons (Fsp3) is 0.548. The van der Waals surface area contributed by atoms with E-state index < -0.39 is 5.82 Å². The number of benzene rings is 2. The van der Waals surface area contributed by atoms with Crippen LogP contribution in [0.2, 0.25) is 0 Å². The van der Waals surface area contributed by atoms with E-state index in [1.54, 1.807) is 11.0 Å². The molecule has 0 saturated carbocycles. The van der Waals surface area contributed by atoms with Crippen molar-refractivity contribution in [1.82, 2.24) is 14.7 Å². The van der Waals surface area contributed by atoms with Gasteiger partial charge in [0.15, 0.2) is 0 Å². The van der Waals surface area contributed by atoms with Gasteiger partial charge in [0.1, 0.15) is 18.2 Å². The number of anilines is 1. The number of ether oxygens (including phenoxy) is 1. The Balaban J connectivity index is 1.55. The molecule has 2 heterocycles. The summed E-state index contributed by atoms with van der Waals surface area (Å²) in [6.45, 7) is 12.3. The highest BCUT2D eigenvalue weighted by molar-refractivity contribution is 5.95. The van der Waals surface area contributed by atoms with E-state index in [9.17, 15) is 14.0 Å². The molecule has 0 aliphatic carbocycles. The quantitative estimate of drug-likeness (QED) is 0.529. The molecule has 0 N–H and O–H groups in total. The Morgan fingerprint density at radius 1 is 0.923 bits per heavy atom. The second-order valence-electron chi connectivity index (χ2n) is 10.9. The van der Waals surface area contributed by atoms with Crippen molar-refractivity contribution >= 4 is 17.5 Å². The van der Waals surface area contributed by atoms with Crippen molar-refractivity contribution in [3.63, 3.8) is 0 Å². The van der Waals surface area contributed by atoms with Gasteiger partial charge in [0.05, 0.1) is 5.69 Å². The first-order valence-corrected chi connectivity index (χ1v) is 14.4. The van der Waals surface area contributed by atoms with Crippen molar-refractivity contribution in [2.24, 2.45) is 0 Å². The molecule has 2 amide bonds. The molecule has 0 aromatic heterocycles. The summed E-state index contributed by atoms with van der Waals surface area (Å²) in [5.41, 5.74) is 1.85. The zero-order valence-corrected chi connectivity index (χ0v) is 23.7. The number of halogens is 1. The molecule has 1 saturated heterocycles. The number of carbonyl (C=O) groups excluding carboxylic acids is 2. The minimum absolute atomic E-state index is 0.107. The van der Waals surface area contributed by atoms with Crippen molar-refractivity contribution < 1.29 is 18.7 Å². The number of nitrogens with zero attached hydrogens (tertiary/aromatic N) is 4. The van der Waals surface area contributed by atoms with Crippen molar-refractivity contribution in [1.29, 1.82) is 0 Å². The summed E-state index contributed by atoms with van der Waals surface area (Å²) >= 11 is 0. The van der Waals surface area contributed by atoms with Crippen LogP contribution >= 0.6 is 0 Å². The second-order valence-corrected chi connectivity index (χ2v) is 10.9. The second kappa shape index (κ2) is 13.9. The maximum atomic E-state index is 14.3. The Kier molecular flexibility index (Phi) is 10.3. The minimum atomic E-state index is -0.397. The molecule has 7 nitrogen and oxygen atoms in total. The first kappa shape index (κ1) is 29.0. The molecular formula is C31H43FN4O3. The van der Waals surface area contributed by atoms with Crippen LogP contribution < -0.4 is 9.64 Å². The molecule has 4 rings (SSSR count). The number of hydrogen-bond donors (Lipinski definition) is 0. The number of carbonyl (C=O) groups is 2. The van der Waals surface area contributed by atoms with Crippen LogP contribution in [-0.2, 0) is 11.3 Å². The Bertz CT molecular complexity index is 1120. The van der Waals surface area contributed by atoms with E-state index in [1.807, 2.05) is 29.2 Å². The van der Waals surface area contributed by atoms with E-state index in [4.69, 9.17) is 4.74 Å². The summed E-state index contributed by atoms with van der Waals surface area (Å²) in [7, 11) is 0. The molecule has 2 aliphatic heterocycles. The molecule has 212 valence electrons. The lowest BCUT2D eigenvalue weighted by molar-refractivity contribution is -0.116. The lowest BCUT2D eigenvalue weighted by Gasteiger charge is -2.30. The van der Waals surface area contributed by atoms with Gasteiger partial charge in [-0.25, -0.2) is 4.39 Å². The Morgan fingerprint density at radius 2 is 1.72 bits per heavy atom. The summed E-state index contributed by atoms with van der Waals surface area (Å²) in [4.78, 5) is 34.7. The van der Waals surface area contributed by atoms with Gasteiger partial charge in [0.25, 0.3) is 5.91 Å². The molecule has 2 aromatic carbocycles. The van der Waals surface area contributed by atoms with E-state index in [0.29, 0.717) is 49.3 Å². The Morgan fingerprint density at radius 3 is 2.46 bits per heavy atom. The topological polar surface area (TPSA) is 56.3 Å². The first-order valence-electron chi connectivity index (χ1n) is 14.4. The van der Waals surface area contributed by atoms with E-state index in [2.05, 4.69) is 23.6 Å². The number of fused-ring (bicyclic) bond motifs is 1. The molecule has 0 radical (unpaired) electrons. The normalized spacial score (nSPS) is 18.0. The zero-order chi connectivity index (χ0) is 27.8. The maximum absolute atomic E-state index is 14.3. The number of amides is 2. The third-order valence-electron chi connectivity index (χ3n) is 7.79. The molecule has 2 aromatic rings. The molecule has 1 fully saturated rings. The molecule has 0 bridgehead atoms. The first-order chi connectivity index (χ1) is 18.8. The highest BCUT2D eigenvalue weighted by atomic mass is 19.1. The highest BCUT2D eigenvalue weighted by Gasteiger charge is 2.24. The predicted molar refractivity (Wildman–Crippen MR) is 153 cm³/mol. The van der Waals surface area contributed by atoms with Gasteiger partial charge in [-0.15, -0.1) is 0 Å². The Hall–Kier alpha value is -2.97. The third-order valence-corrected chi connectivity index (χ3v) is 7.79. The van der Waals surface area contributed by atoms with Crippen LogP contribution in [-0.4, -0.2) is 85.0 Å². The number of likely N-dealkylation sites (tertiary alicyclic amines) is 1. The number of hydrogen-bond acceptors (Lipinski definition) is 5. The molecule has 0 unspecified atom stereocenters. The van der Waals surface area contributed by atoms with E-state index in [-0.39, 0.29) is 18.4 Å². The standard InChI is InChI=1S/C31H43FN4O3/c1-24(2)34-15-8-16-36(25(3)37)30-22-28(32)12-11-27(30)23-35(18-17-34)31(38)26-9-7-10-29(21-26)39-20-19-33-13-5-4-6-14-33/h7,9-12,21-22,24H,4-6,8,13-20,23H2,1-3H3. The number of rotatable bonds is 6. The smallest absolute Gasteiger partial charge is 0.254 e. The van der Waals surface area contributed by atoms with Crippen molar-refractivity contribution in [2.45, 2.75) is 59.0 Å². The zero-order valence-electron chi connectivity index (χ0n) is 23.7. The van der Waals surface area contributed by atoms with Crippen LogP contribution in [0, 0.1) is 5.82 Å². The Labute approximate surface area is 232 Å². The van der Waals surface area contributed by atoms with Gasteiger partial charge in [-0.05, 0) is 82.1 Å². The third kappa shape index (κ3) is 8.02. The molecule has 0 atom stereocenters. The van der Waals surface area contributed by atoms with Gasteiger partial charge in [-0.1, -0.05) is 18.6 Å². The largest absolute Gasteiger partial charge is 0.492 e. The van der Waals surface area contributed by atoms with Crippen molar-refractivity contribution in [3.8, 4) is 5.75 Å². The average molecular weight is 539 g/mol. The van der Waals surface area contributed by atoms with Crippen LogP contribution in [0.1, 0.15) is 62.4 Å². The summed E-state index contributed by atoms with van der Waals surface area (Å²) in [5.74, 6) is 0.0456. The van der Waals surface area contributed by atoms with E-state index in [1.165, 1.54) is 38.3 Å². The predicted octanol–water partition coefficient (Wildman–Crippen LogP) is 4.80. The lowest BCUT2D eigenvalue weighted by atomic mass is 10.1. The van der Waals surface area contributed by atoms with Crippen LogP contribution in [0.25, 0.3) is 0 Å². The van der Waals surface area contributed by atoms with E-state index >= 15 is 0 Å². The molecule has 39 heavy (non-hydrogen) atoms. The van der Waals surface area contributed by atoms with Crippen molar-refractivity contribution in [3.05, 3.63) is 59.4 Å². The molecule has 8 heteroatoms. The summed E-state index contributed by atoms with van der Waals surface area (Å²) in [6.07, 6.45) is 4.56. The highest BCUT2D eigenvalue weighted by Crippen LogP contribution is 2.26. The van der Waals surface area contributed by atoms with Crippen LogP contribution in [0.3, 0.4) is 0 Å². The SMILES string of the molecule is CC(=O)N1CCCN(C(C)C)CCN(C(=O)c2cccc(OCCN3CCCCC3)c2)Cc2ccc(F)cc21. The number of piperidine rings is 1. The fourth-order valence-corrected chi connectivity index (χ4v) is 5.51. The maximum Gasteiger partial charge on any atom is 0.254 e. The minimum Gasteiger partial charge on any atom is -0.492 e. The summed E-state index contributed by atoms with van der Waals surface area (Å²) in [5, 5.41) is 0. The van der Waals surface area contributed by atoms with Crippen LogP contribution in [0.15, 0.2) is 42.5 Å². The summed E-state index contributed by atoms with van der Waals surface area (Å²) in [6, 6.07) is 12.2. The molecular weight excluding hydrogens is 495 g/mol. The average Bonchev–Trinajstić information content (AvgIpc) is 2.96.